The number of hydrogen-bond donors (Lipinski definition) is 0. The number of hydrogen-bond acceptors (Lipinski definition) is 6. The molecule has 0 amide bonds. The maximum Gasteiger partial charge on any atom is 0.344 e. The number of nitrogens with zero attached hydrogens (tertiary/aromatic N) is 2. The zero-order valence-corrected chi connectivity index (χ0v) is 22.3. The summed E-state index contributed by atoms with van der Waals surface area (Å²) >= 11 is 0. The Morgan fingerprint density at radius 2 is 1.21 bits per heavy atom. The Labute approximate surface area is 221 Å². The van der Waals surface area contributed by atoms with E-state index in [1.54, 1.807) is 12.1 Å². The van der Waals surface area contributed by atoms with Crippen LogP contribution in [-0.4, -0.2) is 26.2 Å². The van der Waals surface area contributed by atoms with E-state index in [0.29, 0.717) is 22.3 Å². The lowest BCUT2D eigenvalue weighted by atomic mass is 9.98. The molecule has 0 fully saturated rings. The normalized spacial score (nSPS) is 11.3. The van der Waals surface area contributed by atoms with Crippen LogP contribution in [-0.2, 0) is 0 Å². The standard InChI is InChI=1S/C32H32N2O4/c1-5-33(6-2)24-13-9-21(10-14-24)26-20-31(35)37-29-16-12-22(17-28(26)29)27-18-23-11-15-25(34(7-3)8-4)19-30(23)38-32(27)36/h9-20H,5-8H2,1-4H3. The fraction of sp³-hybridized carbons (Fsp3) is 0.250. The lowest BCUT2D eigenvalue weighted by Crippen LogP contribution is -2.21. The molecule has 0 aliphatic rings. The van der Waals surface area contributed by atoms with Crippen LogP contribution in [0.5, 0.6) is 0 Å². The van der Waals surface area contributed by atoms with E-state index in [2.05, 4.69) is 49.6 Å². The molecule has 0 saturated heterocycles. The molecular weight excluding hydrogens is 476 g/mol. The van der Waals surface area contributed by atoms with Gasteiger partial charge in [-0.05, 0) is 86.8 Å². The van der Waals surface area contributed by atoms with Crippen LogP contribution in [0.2, 0.25) is 0 Å². The minimum absolute atomic E-state index is 0.406. The molecule has 0 radical (unpaired) electrons. The van der Waals surface area contributed by atoms with E-state index < -0.39 is 11.3 Å². The second kappa shape index (κ2) is 10.6. The maximum atomic E-state index is 13.1. The van der Waals surface area contributed by atoms with Gasteiger partial charge in [-0.15, -0.1) is 0 Å². The molecule has 0 aliphatic heterocycles. The van der Waals surface area contributed by atoms with Gasteiger partial charge in [0.25, 0.3) is 0 Å². The molecular formula is C32H32N2O4. The van der Waals surface area contributed by atoms with Crippen LogP contribution in [0.1, 0.15) is 27.7 Å². The van der Waals surface area contributed by atoms with Gasteiger partial charge in [-0.1, -0.05) is 18.2 Å². The van der Waals surface area contributed by atoms with E-state index in [9.17, 15) is 9.59 Å². The summed E-state index contributed by atoms with van der Waals surface area (Å²) in [6.07, 6.45) is 0. The van der Waals surface area contributed by atoms with Crippen molar-refractivity contribution >= 4 is 33.3 Å². The van der Waals surface area contributed by atoms with Gasteiger partial charge in [0.05, 0.1) is 5.56 Å². The van der Waals surface area contributed by atoms with Crippen LogP contribution < -0.4 is 21.1 Å². The van der Waals surface area contributed by atoms with Crippen molar-refractivity contribution < 1.29 is 8.83 Å². The van der Waals surface area contributed by atoms with E-state index in [0.717, 1.165) is 59.5 Å². The molecule has 0 aliphatic carbocycles. The third kappa shape index (κ3) is 4.70. The zero-order chi connectivity index (χ0) is 26.8. The fourth-order valence-corrected chi connectivity index (χ4v) is 5.10. The van der Waals surface area contributed by atoms with Gasteiger partial charge in [0.2, 0.25) is 0 Å². The highest BCUT2D eigenvalue weighted by molar-refractivity contribution is 5.96. The molecule has 5 aromatic rings. The van der Waals surface area contributed by atoms with Crippen LogP contribution >= 0.6 is 0 Å². The lowest BCUT2D eigenvalue weighted by Gasteiger charge is -2.21. The van der Waals surface area contributed by atoms with Gasteiger partial charge in [-0.2, -0.15) is 0 Å². The quantitative estimate of drug-likeness (QED) is 0.212. The Balaban J connectivity index is 1.61. The summed E-state index contributed by atoms with van der Waals surface area (Å²) in [5.74, 6) is 0. The van der Waals surface area contributed by atoms with E-state index >= 15 is 0 Å². The van der Waals surface area contributed by atoms with E-state index in [4.69, 9.17) is 8.83 Å². The Hall–Kier alpha value is -4.32. The van der Waals surface area contributed by atoms with Crippen molar-refractivity contribution in [2.75, 3.05) is 36.0 Å². The van der Waals surface area contributed by atoms with Gasteiger partial charge in [-0.3, -0.25) is 0 Å². The first kappa shape index (κ1) is 25.3. The van der Waals surface area contributed by atoms with Gasteiger partial charge >= 0.3 is 11.3 Å². The van der Waals surface area contributed by atoms with Gasteiger partial charge in [-0.25, -0.2) is 9.59 Å². The van der Waals surface area contributed by atoms with Crippen LogP contribution in [0.4, 0.5) is 11.4 Å². The van der Waals surface area contributed by atoms with Crippen molar-refractivity contribution in [1.29, 1.82) is 0 Å². The van der Waals surface area contributed by atoms with Gasteiger partial charge < -0.3 is 18.6 Å². The molecule has 0 unspecified atom stereocenters. The SMILES string of the molecule is CCN(CC)c1ccc(-c2cc(=O)oc3ccc(-c4cc5ccc(N(CC)CC)cc5oc4=O)cc23)cc1. The van der Waals surface area contributed by atoms with Gasteiger partial charge in [0, 0.05) is 60.5 Å². The molecule has 0 spiro atoms. The highest BCUT2D eigenvalue weighted by Crippen LogP contribution is 2.32. The summed E-state index contributed by atoms with van der Waals surface area (Å²) in [4.78, 5) is 30.0. The molecule has 0 bridgehead atoms. The number of anilines is 2. The van der Waals surface area contributed by atoms with Crippen molar-refractivity contribution in [3.8, 4) is 22.3 Å². The average Bonchev–Trinajstić information content (AvgIpc) is 2.94. The summed E-state index contributed by atoms with van der Waals surface area (Å²) in [5.41, 5.74) is 5.20. The molecule has 194 valence electrons. The van der Waals surface area contributed by atoms with Crippen LogP contribution in [0.3, 0.4) is 0 Å². The number of fused-ring (bicyclic) bond motifs is 2. The van der Waals surface area contributed by atoms with Crippen molar-refractivity contribution in [3.63, 3.8) is 0 Å². The third-order valence-electron chi connectivity index (χ3n) is 7.21. The lowest BCUT2D eigenvalue weighted by molar-refractivity contribution is 0.560. The molecule has 0 atom stereocenters. The summed E-state index contributed by atoms with van der Waals surface area (Å²) in [6.45, 7) is 12.0. The Morgan fingerprint density at radius 3 is 1.89 bits per heavy atom. The zero-order valence-electron chi connectivity index (χ0n) is 22.3. The first-order valence-corrected chi connectivity index (χ1v) is 13.2. The highest BCUT2D eigenvalue weighted by Gasteiger charge is 2.14. The second-order valence-corrected chi connectivity index (χ2v) is 9.25. The van der Waals surface area contributed by atoms with Crippen LogP contribution in [0.25, 0.3) is 44.2 Å². The van der Waals surface area contributed by atoms with Gasteiger partial charge in [0.1, 0.15) is 11.2 Å². The minimum Gasteiger partial charge on any atom is -0.423 e. The summed E-state index contributed by atoms with van der Waals surface area (Å²) in [5, 5.41) is 1.61. The largest absolute Gasteiger partial charge is 0.423 e. The molecule has 6 heteroatoms. The molecule has 2 heterocycles. The molecule has 2 aromatic heterocycles. The van der Waals surface area contributed by atoms with Crippen molar-refractivity contribution in [1.82, 2.24) is 0 Å². The van der Waals surface area contributed by atoms with Crippen molar-refractivity contribution in [3.05, 3.63) is 93.6 Å². The van der Waals surface area contributed by atoms with Gasteiger partial charge in [0.15, 0.2) is 0 Å². The highest BCUT2D eigenvalue weighted by atomic mass is 16.4. The summed E-state index contributed by atoms with van der Waals surface area (Å²) in [6, 6.07) is 22.9. The minimum atomic E-state index is -0.415. The Kier molecular flexibility index (Phi) is 7.05. The van der Waals surface area contributed by atoms with E-state index in [-0.39, 0.29) is 0 Å². The second-order valence-electron chi connectivity index (χ2n) is 9.25. The number of rotatable bonds is 8. The predicted molar refractivity (Wildman–Crippen MR) is 157 cm³/mol. The molecule has 0 saturated carbocycles. The molecule has 3 aromatic carbocycles. The summed E-state index contributed by atoms with van der Waals surface area (Å²) < 4.78 is 11.3. The molecule has 38 heavy (non-hydrogen) atoms. The maximum absolute atomic E-state index is 13.1. The van der Waals surface area contributed by atoms with Crippen molar-refractivity contribution in [2.45, 2.75) is 27.7 Å². The van der Waals surface area contributed by atoms with Crippen molar-refractivity contribution in [2.24, 2.45) is 0 Å². The Bertz CT molecular complexity index is 1710. The van der Waals surface area contributed by atoms with Crippen LogP contribution in [0, 0.1) is 0 Å². The molecule has 6 nitrogen and oxygen atoms in total. The first-order valence-electron chi connectivity index (χ1n) is 13.2. The first-order chi connectivity index (χ1) is 18.4. The Morgan fingerprint density at radius 1 is 0.579 bits per heavy atom. The topological polar surface area (TPSA) is 66.9 Å². The monoisotopic (exact) mass is 508 g/mol. The third-order valence-corrected chi connectivity index (χ3v) is 7.21. The van der Waals surface area contributed by atoms with E-state index in [1.807, 2.05) is 42.5 Å². The smallest absolute Gasteiger partial charge is 0.344 e. The van der Waals surface area contributed by atoms with Crippen LogP contribution in [0.15, 0.2) is 91.2 Å². The summed E-state index contributed by atoms with van der Waals surface area (Å²) in [7, 11) is 0. The van der Waals surface area contributed by atoms with E-state index in [1.165, 1.54) is 6.07 Å². The number of benzene rings is 3. The average molecular weight is 509 g/mol. The predicted octanol–water partition coefficient (Wildman–Crippen LogP) is 6.93. The fourth-order valence-electron chi connectivity index (χ4n) is 5.10. The molecule has 0 N–H and O–H groups in total. The molecule has 5 rings (SSSR count).